The van der Waals surface area contributed by atoms with Gasteiger partial charge in [-0.05, 0) is 60.2 Å². The first-order chi connectivity index (χ1) is 12.2. The number of nitrogens with one attached hydrogen (secondary N) is 1. The van der Waals surface area contributed by atoms with Crippen LogP contribution in [0.25, 0.3) is 0 Å². The second-order valence-corrected chi connectivity index (χ2v) is 6.04. The average molecular weight is 339 g/mol. The van der Waals surface area contributed by atoms with Gasteiger partial charge in [0.1, 0.15) is 5.75 Å². The molecule has 0 bridgehead atoms. The van der Waals surface area contributed by atoms with Crippen LogP contribution >= 0.6 is 0 Å². The molecule has 0 spiro atoms. The summed E-state index contributed by atoms with van der Waals surface area (Å²) in [6, 6.07) is 13.0. The standard InChI is InChI=1S/C20H21NO4/c1-24-18-9-5-14(6-10-18)12-21-19(22)13-25-20(23)17-8-7-15-3-2-4-16(15)11-17/h5-11H,2-4,12-13H2,1H3,(H,21,22). The first-order valence-corrected chi connectivity index (χ1v) is 8.34. The number of aryl methyl sites for hydroxylation is 2. The molecule has 0 aliphatic heterocycles. The lowest BCUT2D eigenvalue weighted by Gasteiger charge is -2.08. The van der Waals surface area contributed by atoms with E-state index in [-0.39, 0.29) is 12.5 Å². The lowest BCUT2D eigenvalue weighted by atomic mass is 10.1. The van der Waals surface area contributed by atoms with E-state index in [1.54, 1.807) is 13.2 Å². The molecule has 0 heterocycles. The van der Waals surface area contributed by atoms with Crippen molar-refractivity contribution in [1.82, 2.24) is 5.32 Å². The van der Waals surface area contributed by atoms with Crippen LogP contribution in [-0.4, -0.2) is 25.6 Å². The third kappa shape index (κ3) is 4.38. The number of hydrogen-bond donors (Lipinski definition) is 1. The predicted octanol–water partition coefficient (Wildman–Crippen LogP) is 2.66. The second-order valence-electron chi connectivity index (χ2n) is 6.04. The van der Waals surface area contributed by atoms with E-state index in [1.807, 2.05) is 36.4 Å². The average Bonchev–Trinajstić information content (AvgIpc) is 3.12. The number of carbonyl (C=O) groups is 2. The molecule has 3 rings (SSSR count). The Morgan fingerprint density at radius 3 is 2.56 bits per heavy atom. The minimum Gasteiger partial charge on any atom is -0.497 e. The van der Waals surface area contributed by atoms with E-state index >= 15 is 0 Å². The van der Waals surface area contributed by atoms with Crippen molar-refractivity contribution in [2.75, 3.05) is 13.7 Å². The van der Waals surface area contributed by atoms with E-state index in [4.69, 9.17) is 9.47 Å². The van der Waals surface area contributed by atoms with Crippen molar-refractivity contribution in [3.63, 3.8) is 0 Å². The van der Waals surface area contributed by atoms with E-state index in [0.717, 1.165) is 30.6 Å². The molecular formula is C20H21NO4. The van der Waals surface area contributed by atoms with E-state index in [1.165, 1.54) is 11.1 Å². The number of methoxy groups -OCH3 is 1. The summed E-state index contributed by atoms with van der Waals surface area (Å²) in [5.74, 6) is -0.0296. The van der Waals surface area contributed by atoms with Gasteiger partial charge in [0.05, 0.1) is 12.7 Å². The highest BCUT2D eigenvalue weighted by atomic mass is 16.5. The summed E-state index contributed by atoms with van der Waals surface area (Å²) in [6.07, 6.45) is 3.19. The van der Waals surface area contributed by atoms with Gasteiger partial charge in [-0.3, -0.25) is 4.79 Å². The summed E-state index contributed by atoms with van der Waals surface area (Å²) >= 11 is 0. The fourth-order valence-corrected chi connectivity index (χ4v) is 2.91. The molecule has 1 amide bonds. The summed E-state index contributed by atoms with van der Waals surface area (Å²) in [4.78, 5) is 23.9. The van der Waals surface area contributed by atoms with Crippen molar-refractivity contribution >= 4 is 11.9 Å². The van der Waals surface area contributed by atoms with Crippen molar-refractivity contribution in [3.8, 4) is 5.75 Å². The number of fused-ring (bicyclic) bond motifs is 1. The Morgan fingerprint density at radius 2 is 1.80 bits per heavy atom. The van der Waals surface area contributed by atoms with Crippen LogP contribution in [0.15, 0.2) is 42.5 Å². The van der Waals surface area contributed by atoms with Gasteiger partial charge in [-0.2, -0.15) is 0 Å². The molecule has 5 heteroatoms. The molecule has 2 aromatic rings. The molecule has 130 valence electrons. The zero-order chi connectivity index (χ0) is 17.6. The molecule has 25 heavy (non-hydrogen) atoms. The lowest BCUT2D eigenvalue weighted by molar-refractivity contribution is -0.124. The van der Waals surface area contributed by atoms with Crippen LogP contribution in [0, 0.1) is 0 Å². The van der Waals surface area contributed by atoms with Gasteiger partial charge in [0.15, 0.2) is 6.61 Å². The number of amides is 1. The summed E-state index contributed by atoms with van der Waals surface area (Å²) < 4.78 is 10.2. The van der Waals surface area contributed by atoms with Crippen LogP contribution in [0.5, 0.6) is 5.75 Å². The first kappa shape index (κ1) is 17.0. The Hall–Kier alpha value is -2.82. The molecule has 0 unspecified atom stereocenters. The minimum absolute atomic E-state index is 0.286. The highest BCUT2D eigenvalue weighted by Crippen LogP contribution is 2.23. The highest BCUT2D eigenvalue weighted by molar-refractivity contribution is 5.91. The van der Waals surface area contributed by atoms with Gasteiger partial charge in [-0.15, -0.1) is 0 Å². The maximum atomic E-state index is 12.1. The van der Waals surface area contributed by atoms with E-state index in [9.17, 15) is 9.59 Å². The number of benzene rings is 2. The minimum atomic E-state index is -0.464. The van der Waals surface area contributed by atoms with Crippen LogP contribution < -0.4 is 10.1 Å². The second kappa shape index (κ2) is 7.83. The molecule has 1 N–H and O–H groups in total. The van der Waals surface area contributed by atoms with Crippen molar-refractivity contribution in [2.24, 2.45) is 0 Å². The smallest absolute Gasteiger partial charge is 0.338 e. The lowest BCUT2D eigenvalue weighted by Crippen LogP contribution is -2.28. The zero-order valence-electron chi connectivity index (χ0n) is 14.2. The van der Waals surface area contributed by atoms with Gasteiger partial charge >= 0.3 is 5.97 Å². The van der Waals surface area contributed by atoms with Crippen molar-refractivity contribution in [3.05, 3.63) is 64.7 Å². The fourth-order valence-electron chi connectivity index (χ4n) is 2.91. The molecule has 1 aliphatic rings. The number of ether oxygens (including phenoxy) is 2. The molecule has 0 aromatic heterocycles. The van der Waals surface area contributed by atoms with Gasteiger partial charge in [0, 0.05) is 6.54 Å². The highest BCUT2D eigenvalue weighted by Gasteiger charge is 2.15. The van der Waals surface area contributed by atoms with E-state index in [2.05, 4.69) is 5.32 Å². The third-order valence-corrected chi connectivity index (χ3v) is 4.32. The summed E-state index contributed by atoms with van der Waals surface area (Å²) in [5, 5.41) is 2.73. The monoisotopic (exact) mass is 339 g/mol. The number of hydrogen-bond acceptors (Lipinski definition) is 4. The van der Waals surface area contributed by atoms with Gasteiger partial charge < -0.3 is 14.8 Å². The van der Waals surface area contributed by atoms with Crippen molar-refractivity contribution in [2.45, 2.75) is 25.8 Å². The zero-order valence-corrected chi connectivity index (χ0v) is 14.2. The number of carbonyl (C=O) groups excluding carboxylic acids is 2. The van der Waals surface area contributed by atoms with Crippen LogP contribution in [0.3, 0.4) is 0 Å². The SMILES string of the molecule is COc1ccc(CNC(=O)COC(=O)c2ccc3c(c2)CCC3)cc1. The van der Waals surface area contributed by atoms with Gasteiger partial charge in [-0.25, -0.2) is 4.79 Å². The number of esters is 1. The number of rotatable bonds is 6. The van der Waals surface area contributed by atoms with Crippen LogP contribution in [0.2, 0.25) is 0 Å². The van der Waals surface area contributed by atoms with E-state index < -0.39 is 5.97 Å². The van der Waals surface area contributed by atoms with Crippen LogP contribution in [-0.2, 0) is 28.9 Å². The molecule has 0 fully saturated rings. The largest absolute Gasteiger partial charge is 0.497 e. The fraction of sp³-hybridized carbons (Fsp3) is 0.300. The Morgan fingerprint density at radius 1 is 1.04 bits per heavy atom. The molecule has 0 saturated heterocycles. The van der Waals surface area contributed by atoms with Crippen molar-refractivity contribution < 1.29 is 19.1 Å². The Kier molecular flexibility index (Phi) is 5.33. The molecule has 0 atom stereocenters. The Balaban J connectivity index is 1.46. The molecule has 0 saturated carbocycles. The molecule has 2 aromatic carbocycles. The summed E-state index contributed by atoms with van der Waals surface area (Å²) in [7, 11) is 1.60. The molecule has 5 nitrogen and oxygen atoms in total. The quantitative estimate of drug-likeness (QED) is 0.822. The molecule has 0 radical (unpaired) electrons. The van der Waals surface area contributed by atoms with Crippen LogP contribution in [0.4, 0.5) is 0 Å². The predicted molar refractivity (Wildman–Crippen MR) is 93.6 cm³/mol. The van der Waals surface area contributed by atoms with Crippen LogP contribution in [0.1, 0.15) is 33.5 Å². The maximum Gasteiger partial charge on any atom is 0.338 e. The Labute approximate surface area is 147 Å². The van der Waals surface area contributed by atoms with Gasteiger partial charge in [-0.1, -0.05) is 18.2 Å². The molecular weight excluding hydrogens is 318 g/mol. The summed E-state index contributed by atoms with van der Waals surface area (Å²) in [6.45, 7) is 0.0886. The topological polar surface area (TPSA) is 64.6 Å². The molecule has 1 aliphatic carbocycles. The first-order valence-electron chi connectivity index (χ1n) is 8.34. The summed E-state index contributed by atoms with van der Waals surface area (Å²) in [5.41, 5.74) is 3.95. The normalized spacial score (nSPS) is 12.4. The van der Waals surface area contributed by atoms with E-state index in [0.29, 0.717) is 12.1 Å². The van der Waals surface area contributed by atoms with Gasteiger partial charge in [0.2, 0.25) is 0 Å². The van der Waals surface area contributed by atoms with Gasteiger partial charge in [0.25, 0.3) is 5.91 Å². The maximum absolute atomic E-state index is 12.1. The third-order valence-electron chi connectivity index (χ3n) is 4.32. The van der Waals surface area contributed by atoms with Crippen molar-refractivity contribution in [1.29, 1.82) is 0 Å². The Bertz CT molecular complexity index is 768.